The van der Waals surface area contributed by atoms with Crippen LogP contribution in [0.4, 0.5) is 0 Å². The molecular weight excluding hydrogens is 122 g/mol. The van der Waals surface area contributed by atoms with Crippen molar-refractivity contribution in [3.8, 4) is 0 Å². The van der Waals surface area contributed by atoms with Gasteiger partial charge in [0.15, 0.2) is 0 Å². The topological polar surface area (TPSA) is 38.8 Å². The van der Waals surface area contributed by atoms with Crippen LogP contribution >= 0.6 is 0 Å². The van der Waals surface area contributed by atoms with Crippen molar-refractivity contribution in [2.75, 3.05) is 26.3 Å². The molecule has 1 heterocycles. The summed E-state index contributed by atoms with van der Waals surface area (Å²) in [4.78, 5) is 14.3. The molecule has 0 aromatic carbocycles. The maximum Gasteiger partial charge on any atom is 0.312 e. The van der Waals surface area contributed by atoms with Crippen molar-refractivity contribution in [1.29, 1.82) is 0 Å². The first kappa shape index (κ1) is 6.51. The molecule has 1 aliphatic heterocycles. The number of nitrogens with zero attached hydrogens (tertiary/aromatic N) is 1. The van der Waals surface area contributed by atoms with Crippen molar-refractivity contribution >= 4 is 6.47 Å². The van der Waals surface area contributed by atoms with E-state index in [2.05, 4.69) is 4.84 Å². The van der Waals surface area contributed by atoms with Crippen LogP contribution in [0, 0.1) is 0 Å². The van der Waals surface area contributed by atoms with E-state index in [4.69, 9.17) is 4.74 Å². The van der Waals surface area contributed by atoms with Crippen molar-refractivity contribution < 1.29 is 14.4 Å². The van der Waals surface area contributed by atoms with E-state index in [9.17, 15) is 4.79 Å². The molecule has 9 heavy (non-hydrogen) atoms. The Bertz CT molecular complexity index is 90.2. The molecule has 1 rings (SSSR count). The molecule has 1 aliphatic rings. The van der Waals surface area contributed by atoms with Crippen LogP contribution < -0.4 is 0 Å². The van der Waals surface area contributed by atoms with Gasteiger partial charge in [0, 0.05) is 0 Å². The normalized spacial score (nSPS) is 21.3. The van der Waals surface area contributed by atoms with Gasteiger partial charge in [-0.2, -0.15) is 0 Å². The molecule has 0 bridgehead atoms. The Morgan fingerprint density at radius 1 is 1.44 bits per heavy atom. The van der Waals surface area contributed by atoms with Crippen LogP contribution in [0.5, 0.6) is 0 Å². The predicted molar refractivity (Wildman–Crippen MR) is 29.5 cm³/mol. The van der Waals surface area contributed by atoms with E-state index in [0.717, 1.165) is 0 Å². The van der Waals surface area contributed by atoms with Gasteiger partial charge in [-0.15, -0.1) is 5.06 Å². The highest BCUT2D eigenvalue weighted by Crippen LogP contribution is 1.94. The fourth-order valence-electron chi connectivity index (χ4n) is 0.713. The van der Waals surface area contributed by atoms with Gasteiger partial charge < -0.3 is 9.57 Å². The number of morpholine rings is 1. The molecule has 0 aromatic rings. The summed E-state index contributed by atoms with van der Waals surface area (Å²) in [5.41, 5.74) is 0. The maximum atomic E-state index is 9.77. The predicted octanol–water partition coefficient (Wildman–Crippen LogP) is -0.593. The molecule has 0 saturated carbocycles. The molecule has 52 valence electrons. The van der Waals surface area contributed by atoms with E-state index in [1.165, 1.54) is 0 Å². The van der Waals surface area contributed by atoms with Gasteiger partial charge in [0.05, 0.1) is 26.3 Å². The monoisotopic (exact) mass is 131 g/mol. The van der Waals surface area contributed by atoms with E-state index < -0.39 is 0 Å². The van der Waals surface area contributed by atoms with Crippen LogP contribution in [0.25, 0.3) is 0 Å². The molecule has 0 atom stereocenters. The lowest BCUT2D eigenvalue weighted by atomic mass is 10.5. The van der Waals surface area contributed by atoms with Gasteiger partial charge in [-0.3, -0.25) is 4.79 Å². The lowest BCUT2D eigenvalue weighted by Crippen LogP contribution is -2.35. The van der Waals surface area contributed by atoms with E-state index in [1.807, 2.05) is 0 Å². The van der Waals surface area contributed by atoms with Gasteiger partial charge in [0.1, 0.15) is 0 Å². The minimum atomic E-state index is 0.436. The minimum absolute atomic E-state index is 0.436. The SMILES string of the molecule is O=CON1CCOCC1. The molecule has 0 unspecified atom stereocenters. The van der Waals surface area contributed by atoms with Crippen LogP contribution in [0.1, 0.15) is 0 Å². The summed E-state index contributed by atoms with van der Waals surface area (Å²) in [5, 5.41) is 1.58. The van der Waals surface area contributed by atoms with Crippen LogP contribution in [0.15, 0.2) is 0 Å². The second kappa shape index (κ2) is 3.42. The molecule has 1 saturated heterocycles. The second-order valence-electron chi connectivity index (χ2n) is 1.74. The van der Waals surface area contributed by atoms with E-state index in [1.54, 1.807) is 5.06 Å². The molecule has 4 heteroatoms. The number of hydrogen-bond donors (Lipinski definition) is 0. The summed E-state index contributed by atoms with van der Waals surface area (Å²) in [6.07, 6.45) is 0. The highest BCUT2D eigenvalue weighted by atomic mass is 16.7. The summed E-state index contributed by atoms with van der Waals surface area (Å²) >= 11 is 0. The van der Waals surface area contributed by atoms with Gasteiger partial charge in [-0.05, 0) is 0 Å². The molecular formula is C5H9NO3. The van der Waals surface area contributed by atoms with Crippen molar-refractivity contribution in [2.45, 2.75) is 0 Å². The summed E-state index contributed by atoms with van der Waals surface area (Å²) < 4.78 is 5.01. The number of hydroxylamine groups is 2. The third-order valence-corrected chi connectivity index (χ3v) is 1.16. The smallest absolute Gasteiger partial charge is 0.312 e. The standard InChI is InChI=1S/C5H9NO3/c7-5-9-6-1-3-8-4-2-6/h5H,1-4H2. The molecule has 0 radical (unpaired) electrons. The molecule has 0 spiro atoms. The van der Waals surface area contributed by atoms with Gasteiger partial charge in [-0.25, -0.2) is 0 Å². The van der Waals surface area contributed by atoms with Crippen LogP contribution in [0.3, 0.4) is 0 Å². The number of rotatable bonds is 2. The van der Waals surface area contributed by atoms with Gasteiger partial charge in [-0.1, -0.05) is 0 Å². The number of carbonyl (C=O) groups excluding carboxylic acids is 1. The lowest BCUT2D eigenvalue weighted by molar-refractivity contribution is -0.190. The Hall–Kier alpha value is -0.610. The summed E-state index contributed by atoms with van der Waals surface area (Å²) in [5.74, 6) is 0. The average molecular weight is 131 g/mol. The van der Waals surface area contributed by atoms with Crippen molar-refractivity contribution in [3.05, 3.63) is 0 Å². The largest absolute Gasteiger partial charge is 0.379 e. The maximum absolute atomic E-state index is 9.77. The first-order chi connectivity index (χ1) is 4.43. The van der Waals surface area contributed by atoms with Gasteiger partial charge in [0.2, 0.25) is 0 Å². The fraction of sp³-hybridized carbons (Fsp3) is 0.800. The quantitative estimate of drug-likeness (QED) is 0.469. The second-order valence-corrected chi connectivity index (χ2v) is 1.74. The molecule has 0 amide bonds. The van der Waals surface area contributed by atoms with Crippen LogP contribution in [-0.4, -0.2) is 37.8 Å². The van der Waals surface area contributed by atoms with E-state index >= 15 is 0 Å². The fourth-order valence-corrected chi connectivity index (χ4v) is 0.713. The van der Waals surface area contributed by atoms with Crippen molar-refractivity contribution in [1.82, 2.24) is 5.06 Å². The first-order valence-electron chi connectivity index (χ1n) is 2.86. The van der Waals surface area contributed by atoms with Gasteiger partial charge >= 0.3 is 6.47 Å². The minimum Gasteiger partial charge on any atom is -0.379 e. The summed E-state index contributed by atoms with van der Waals surface area (Å²) in [7, 11) is 0. The zero-order valence-electron chi connectivity index (χ0n) is 5.08. The average Bonchev–Trinajstić information content (AvgIpc) is 1.91. The number of ether oxygens (including phenoxy) is 1. The third-order valence-electron chi connectivity index (χ3n) is 1.16. The molecule has 0 aliphatic carbocycles. The molecule has 0 N–H and O–H groups in total. The highest BCUT2D eigenvalue weighted by Gasteiger charge is 2.09. The molecule has 1 fully saturated rings. The Labute approximate surface area is 53.3 Å². The zero-order chi connectivity index (χ0) is 6.53. The van der Waals surface area contributed by atoms with Crippen molar-refractivity contribution in [2.24, 2.45) is 0 Å². The van der Waals surface area contributed by atoms with Crippen LogP contribution in [0.2, 0.25) is 0 Å². The zero-order valence-corrected chi connectivity index (χ0v) is 5.08. The Kier molecular flexibility index (Phi) is 2.48. The summed E-state index contributed by atoms with van der Waals surface area (Å²) in [6.45, 7) is 3.09. The number of carbonyl (C=O) groups is 1. The van der Waals surface area contributed by atoms with Crippen LogP contribution in [-0.2, 0) is 14.4 Å². The first-order valence-corrected chi connectivity index (χ1v) is 2.86. The molecule has 0 aromatic heterocycles. The van der Waals surface area contributed by atoms with E-state index in [-0.39, 0.29) is 0 Å². The lowest BCUT2D eigenvalue weighted by Gasteiger charge is -2.22. The Morgan fingerprint density at radius 3 is 2.67 bits per heavy atom. The molecule has 4 nitrogen and oxygen atoms in total. The third kappa shape index (κ3) is 1.99. The van der Waals surface area contributed by atoms with Crippen molar-refractivity contribution in [3.63, 3.8) is 0 Å². The number of hydrogen-bond acceptors (Lipinski definition) is 4. The Morgan fingerprint density at radius 2 is 2.11 bits per heavy atom. The van der Waals surface area contributed by atoms with E-state index in [0.29, 0.717) is 32.8 Å². The Balaban J connectivity index is 2.15. The van der Waals surface area contributed by atoms with Gasteiger partial charge in [0.25, 0.3) is 0 Å². The highest BCUT2D eigenvalue weighted by molar-refractivity contribution is 5.36. The summed E-state index contributed by atoms with van der Waals surface area (Å²) in [6, 6.07) is 0.